The van der Waals surface area contributed by atoms with Crippen molar-refractivity contribution in [3.8, 4) is 6.07 Å². The van der Waals surface area contributed by atoms with E-state index in [2.05, 4.69) is 16.3 Å². The van der Waals surface area contributed by atoms with Gasteiger partial charge in [0, 0.05) is 44.0 Å². The number of esters is 1. The zero-order valence-electron chi connectivity index (χ0n) is 19.9. The van der Waals surface area contributed by atoms with Crippen LogP contribution >= 0.6 is 0 Å². The Kier molecular flexibility index (Phi) is 8.95. The molecule has 0 bridgehead atoms. The lowest BCUT2D eigenvalue weighted by atomic mass is 9.96. The minimum absolute atomic E-state index is 0.117. The van der Waals surface area contributed by atoms with Crippen molar-refractivity contribution in [2.45, 2.75) is 32.9 Å². The van der Waals surface area contributed by atoms with Crippen LogP contribution in [0.5, 0.6) is 0 Å². The number of quaternary nitrogens is 1. The molecular weight excluding hydrogens is 449 g/mol. The Morgan fingerprint density at radius 1 is 1.34 bits per heavy atom. The molecule has 184 valence electrons. The molecule has 1 atom stereocenters. The molecule has 1 heterocycles. The van der Waals surface area contributed by atoms with Crippen LogP contribution in [0.2, 0.25) is 0 Å². The highest BCUT2D eigenvalue weighted by Crippen LogP contribution is 2.29. The van der Waals surface area contributed by atoms with E-state index in [4.69, 9.17) is 10.1 Å². The first-order valence-corrected chi connectivity index (χ1v) is 11.6. The SMILES string of the molecule is CCOC(=O)C1CCN(c2ccc(NC(O)C(C=N)=C(C)[NH2+]c3ccc(F)cc3)cc2C#N)CC1. The van der Waals surface area contributed by atoms with Gasteiger partial charge in [0.1, 0.15) is 23.3 Å². The lowest BCUT2D eigenvalue weighted by Gasteiger charge is -2.33. The van der Waals surface area contributed by atoms with Crippen LogP contribution in [0.4, 0.5) is 21.5 Å². The number of aliphatic hydroxyl groups is 1. The summed E-state index contributed by atoms with van der Waals surface area (Å²) < 4.78 is 18.3. The van der Waals surface area contributed by atoms with E-state index < -0.39 is 6.23 Å². The zero-order chi connectivity index (χ0) is 25.4. The summed E-state index contributed by atoms with van der Waals surface area (Å²) in [5.74, 6) is -0.616. The number of halogens is 1. The summed E-state index contributed by atoms with van der Waals surface area (Å²) in [5.41, 5.74) is 3.50. The van der Waals surface area contributed by atoms with Crippen LogP contribution in [-0.4, -0.2) is 43.2 Å². The second-order valence-corrected chi connectivity index (χ2v) is 8.38. The Labute approximate surface area is 204 Å². The number of carbonyl (C=O) groups excluding carboxylic acids is 1. The smallest absolute Gasteiger partial charge is 0.309 e. The minimum atomic E-state index is -1.18. The standard InChI is InChI=1S/C26H30FN5O3/c1-3-35-26(34)18-10-12-32(13-11-18)24-9-8-22(14-19(24)15-28)31-25(33)23(16-29)17(2)30-21-6-4-20(27)5-7-21/h4-9,14,16,18,25,29-31,33H,3,10-13H2,1-2H3/p+1. The highest BCUT2D eigenvalue weighted by atomic mass is 19.1. The summed E-state index contributed by atoms with van der Waals surface area (Å²) in [5, 5.41) is 32.9. The number of nitrogens with two attached hydrogens (primary N) is 1. The van der Waals surface area contributed by atoms with Crippen LogP contribution < -0.4 is 15.5 Å². The van der Waals surface area contributed by atoms with Gasteiger partial charge in [0.25, 0.3) is 0 Å². The molecule has 1 unspecified atom stereocenters. The summed E-state index contributed by atoms with van der Waals surface area (Å²) in [7, 11) is 0. The number of hydrogen-bond acceptors (Lipinski definition) is 7. The van der Waals surface area contributed by atoms with Gasteiger partial charge in [-0.1, -0.05) is 0 Å². The average Bonchev–Trinajstić information content (AvgIpc) is 2.86. The third-order valence-electron chi connectivity index (χ3n) is 6.03. The van der Waals surface area contributed by atoms with Crippen molar-refractivity contribution >= 4 is 29.2 Å². The molecule has 35 heavy (non-hydrogen) atoms. The Hall–Kier alpha value is -3.74. The van der Waals surface area contributed by atoms with Crippen molar-refractivity contribution in [1.29, 1.82) is 10.7 Å². The number of ether oxygens (including phenoxy) is 1. The average molecular weight is 481 g/mol. The predicted octanol–water partition coefficient (Wildman–Crippen LogP) is 3.03. The molecule has 2 aromatic carbocycles. The number of carbonyl (C=O) groups is 1. The number of benzene rings is 2. The number of nitrogens with zero attached hydrogens (tertiary/aromatic N) is 2. The van der Waals surface area contributed by atoms with Crippen LogP contribution in [0.3, 0.4) is 0 Å². The van der Waals surface area contributed by atoms with Crippen LogP contribution in [-0.2, 0) is 9.53 Å². The second-order valence-electron chi connectivity index (χ2n) is 8.38. The van der Waals surface area contributed by atoms with Gasteiger partial charge >= 0.3 is 5.97 Å². The van der Waals surface area contributed by atoms with Gasteiger partial charge in [-0.15, -0.1) is 0 Å². The fourth-order valence-corrected chi connectivity index (χ4v) is 4.14. The monoisotopic (exact) mass is 480 g/mol. The topological polar surface area (TPSA) is 126 Å². The maximum Gasteiger partial charge on any atom is 0.309 e. The number of hydrogen-bond donors (Lipinski definition) is 4. The molecule has 0 spiro atoms. The van der Waals surface area contributed by atoms with Crippen LogP contribution in [0, 0.1) is 28.5 Å². The van der Waals surface area contributed by atoms with Gasteiger partial charge < -0.3 is 25.5 Å². The molecule has 2 aromatic rings. The third-order valence-corrected chi connectivity index (χ3v) is 6.03. The second kappa shape index (κ2) is 12.1. The quantitative estimate of drug-likeness (QED) is 0.189. The maximum atomic E-state index is 13.1. The van der Waals surface area contributed by atoms with Crippen LogP contribution in [0.15, 0.2) is 53.7 Å². The highest BCUT2D eigenvalue weighted by molar-refractivity contribution is 5.79. The number of nitrogens with one attached hydrogen (secondary N) is 2. The lowest BCUT2D eigenvalue weighted by molar-refractivity contribution is -0.518. The van der Waals surface area contributed by atoms with E-state index in [9.17, 15) is 19.6 Å². The third kappa shape index (κ3) is 6.66. The molecule has 9 heteroatoms. The van der Waals surface area contributed by atoms with Gasteiger partial charge in [0.2, 0.25) is 0 Å². The summed E-state index contributed by atoms with van der Waals surface area (Å²) in [6.07, 6.45) is 1.22. The molecule has 8 nitrogen and oxygen atoms in total. The Bertz CT molecular complexity index is 1120. The molecule has 1 saturated heterocycles. The zero-order valence-corrected chi connectivity index (χ0v) is 19.9. The molecule has 1 aliphatic heterocycles. The summed E-state index contributed by atoms with van der Waals surface area (Å²) >= 11 is 0. The first kappa shape index (κ1) is 25.9. The van der Waals surface area contributed by atoms with E-state index in [1.165, 1.54) is 12.1 Å². The molecule has 0 aliphatic carbocycles. The van der Waals surface area contributed by atoms with E-state index in [1.807, 2.05) is 6.07 Å². The minimum Gasteiger partial charge on any atom is -0.466 e. The van der Waals surface area contributed by atoms with Crippen LogP contribution in [0.1, 0.15) is 32.3 Å². The first-order valence-electron chi connectivity index (χ1n) is 11.6. The van der Waals surface area contributed by atoms with Gasteiger partial charge in [-0.05, 0) is 50.1 Å². The molecular formula is C26H31FN5O3+. The fourth-order valence-electron chi connectivity index (χ4n) is 4.14. The number of allylic oxidation sites excluding steroid dienone is 1. The van der Waals surface area contributed by atoms with Gasteiger partial charge in [0.05, 0.1) is 29.3 Å². The van der Waals surface area contributed by atoms with Gasteiger partial charge in [-0.2, -0.15) is 5.26 Å². The molecule has 3 rings (SSSR count). The Morgan fingerprint density at radius 2 is 2.03 bits per heavy atom. The lowest BCUT2D eigenvalue weighted by Crippen LogP contribution is -2.75. The number of nitriles is 1. The maximum absolute atomic E-state index is 13.1. The molecule has 0 aromatic heterocycles. The molecule has 0 saturated carbocycles. The van der Waals surface area contributed by atoms with E-state index in [0.29, 0.717) is 55.1 Å². The summed E-state index contributed by atoms with van der Waals surface area (Å²) in [6.45, 7) is 5.22. The van der Waals surface area contributed by atoms with Crippen LogP contribution in [0.25, 0.3) is 0 Å². The molecule has 0 amide bonds. The van der Waals surface area contributed by atoms with Crippen molar-refractivity contribution < 1.29 is 24.3 Å². The van der Waals surface area contributed by atoms with Gasteiger partial charge in [-0.25, -0.2) is 4.39 Å². The van der Waals surface area contributed by atoms with Gasteiger partial charge in [0.15, 0.2) is 6.23 Å². The van der Waals surface area contributed by atoms with E-state index in [-0.39, 0.29) is 17.7 Å². The van der Waals surface area contributed by atoms with Gasteiger partial charge in [-0.3, -0.25) is 10.1 Å². The number of piperidine rings is 1. The number of rotatable bonds is 9. The van der Waals surface area contributed by atoms with E-state index in [1.54, 1.807) is 43.4 Å². The normalized spacial score (nSPS) is 15.6. The number of aliphatic hydroxyl groups excluding tert-OH is 1. The fraction of sp³-hybridized carbons (Fsp3) is 0.346. The molecule has 5 N–H and O–H groups in total. The van der Waals surface area contributed by atoms with E-state index >= 15 is 0 Å². The molecule has 0 radical (unpaired) electrons. The number of anilines is 2. The van der Waals surface area contributed by atoms with Crippen molar-refractivity contribution in [1.82, 2.24) is 0 Å². The predicted molar refractivity (Wildman–Crippen MR) is 132 cm³/mol. The molecule has 1 aliphatic rings. The van der Waals surface area contributed by atoms with E-state index in [0.717, 1.165) is 17.6 Å². The van der Waals surface area contributed by atoms with Crippen molar-refractivity contribution in [2.75, 3.05) is 29.9 Å². The van der Waals surface area contributed by atoms with Crippen molar-refractivity contribution in [3.63, 3.8) is 0 Å². The largest absolute Gasteiger partial charge is 0.466 e. The highest BCUT2D eigenvalue weighted by Gasteiger charge is 2.27. The van der Waals surface area contributed by atoms with Crippen molar-refractivity contribution in [2.24, 2.45) is 5.92 Å². The first-order chi connectivity index (χ1) is 16.9. The Morgan fingerprint density at radius 3 is 2.63 bits per heavy atom. The Balaban J connectivity index is 1.69. The summed E-state index contributed by atoms with van der Waals surface area (Å²) in [4.78, 5) is 14.1. The van der Waals surface area contributed by atoms with Crippen molar-refractivity contribution in [3.05, 3.63) is 65.1 Å². The summed E-state index contributed by atoms with van der Waals surface area (Å²) in [6, 6.07) is 13.4. The molecule has 1 fully saturated rings.